The molecule has 2 heterocycles. The van der Waals surface area contributed by atoms with E-state index in [1.165, 1.54) is 29.3 Å². The van der Waals surface area contributed by atoms with Gasteiger partial charge in [-0.15, -0.1) is 0 Å². The van der Waals surface area contributed by atoms with Crippen LogP contribution in [0, 0.1) is 0 Å². The van der Waals surface area contributed by atoms with Crippen molar-refractivity contribution < 1.29 is 4.74 Å². The molecule has 1 aliphatic heterocycles. The first kappa shape index (κ1) is 12.0. The molecule has 2 fully saturated rings. The first-order chi connectivity index (χ1) is 9.92. The van der Waals surface area contributed by atoms with Crippen LogP contribution in [0.4, 0.5) is 11.5 Å². The van der Waals surface area contributed by atoms with Gasteiger partial charge in [-0.1, -0.05) is 12.1 Å². The maximum absolute atomic E-state index is 5.45. The van der Waals surface area contributed by atoms with E-state index in [0.29, 0.717) is 6.04 Å². The van der Waals surface area contributed by atoms with E-state index in [9.17, 15) is 0 Å². The van der Waals surface area contributed by atoms with Crippen LogP contribution >= 0.6 is 0 Å². The Morgan fingerprint density at radius 2 is 2.00 bits per heavy atom. The Morgan fingerprint density at radius 3 is 2.80 bits per heavy atom. The summed E-state index contributed by atoms with van der Waals surface area (Å²) < 4.78 is 5.45. The topological polar surface area (TPSA) is 37.4 Å². The molecule has 0 atom stereocenters. The first-order valence-electron chi connectivity index (χ1n) is 7.39. The lowest BCUT2D eigenvalue weighted by Gasteiger charge is -2.29. The zero-order valence-corrected chi connectivity index (χ0v) is 11.5. The summed E-state index contributed by atoms with van der Waals surface area (Å²) in [6, 6.07) is 9.21. The van der Waals surface area contributed by atoms with E-state index in [1.807, 2.05) is 6.20 Å². The molecule has 1 N–H and O–H groups in total. The molecule has 4 heteroatoms. The SMILES string of the molecule is c1cc(NC2CC2)c2c(N3CCOCC3)nccc2c1. The summed E-state index contributed by atoms with van der Waals surface area (Å²) in [4.78, 5) is 6.99. The van der Waals surface area contributed by atoms with Crippen LogP contribution < -0.4 is 10.2 Å². The fourth-order valence-electron chi connectivity index (χ4n) is 2.79. The van der Waals surface area contributed by atoms with E-state index < -0.39 is 0 Å². The fraction of sp³-hybridized carbons (Fsp3) is 0.438. The Kier molecular flexibility index (Phi) is 2.96. The lowest BCUT2D eigenvalue weighted by atomic mass is 10.1. The third-order valence-corrected chi connectivity index (χ3v) is 4.02. The number of nitrogens with zero attached hydrogens (tertiary/aromatic N) is 2. The monoisotopic (exact) mass is 269 g/mol. The normalized spacial score (nSPS) is 19.3. The molecule has 20 heavy (non-hydrogen) atoms. The Labute approximate surface area is 118 Å². The van der Waals surface area contributed by atoms with E-state index in [1.54, 1.807) is 0 Å². The summed E-state index contributed by atoms with van der Waals surface area (Å²) in [7, 11) is 0. The van der Waals surface area contributed by atoms with Gasteiger partial charge in [0.05, 0.1) is 13.2 Å². The summed E-state index contributed by atoms with van der Waals surface area (Å²) in [5, 5.41) is 6.15. The van der Waals surface area contributed by atoms with Gasteiger partial charge in [0.2, 0.25) is 0 Å². The van der Waals surface area contributed by atoms with Gasteiger partial charge in [-0.25, -0.2) is 4.98 Å². The third-order valence-electron chi connectivity index (χ3n) is 4.02. The van der Waals surface area contributed by atoms with E-state index in [-0.39, 0.29) is 0 Å². The van der Waals surface area contributed by atoms with E-state index >= 15 is 0 Å². The summed E-state index contributed by atoms with van der Waals surface area (Å²) in [6.45, 7) is 3.42. The number of rotatable bonds is 3. The van der Waals surface area contributed by atoms with Gasteiger partial charge in [-0.3, -0.25) is 0 Å². The molecule has 0 amide bonds. The first-order valence-corrected chi connectivity index (χ1v) is 7.39. The number of aromatic nitrogens is 1. The Bertz CT molecular complexity index is 613. The van der Waals surface area contributed by atoms with Gasteiger partial charge in [0.25, 0.3) is 0 Å². The summed E-state index contributed by atoms with van der Waals surface area (Å²) in [6.07, 6.45) is 4.47. The van der Waals surface area contributed by atoms with Gasteiger partial charge >= 0.3 is 0 Å². The molecule has 1 aliphatic carbocycles. The number of ether oxygens (including phenoxy) is 1. The number of nitrogens with one attached hydrogen (secondary N) is 1. The highest BCUT2D eigenvalue weighted by Gasteiger charge is 2.23. The second-order valence-corrected chi connectivity index (χ2v) is 5.56. The van der Waals surface area contributed by atoms with Crippen molar-refractivity contribution in [2.75, 3.05) is 36.5 Å². The third kappa shape index (κ3) is 2.20. The Balaban J connectivity index is 1.81. The van der Waals surface area contributed by atoms with Crippen LogP contribution in [0.15, 0.2) is 30.5 Å². The van der Waals surface area contributed by atoms with Crippen molar-refractivity contribution in [3.8, 4) is 0 Å². The number of morpholine rings is 1. The van der Waals surface area contributed by atoms with E-state index in [2.05, 4.69) is 39.5 Å². The zero-order chi connectivity index (χ0) is 13.4. The highest BCUT2D eigenvalue weighted by Crippen LogP contribution is 2.34. The zero-order valence-electron chi connectivity index (χ0n) is 11.5. The summed E-state index contributed by atoms with van der Waals surface area (Å²) in [5.74, 6) is 1.09. The quantitative estimate of drug-likeness (QED) is 0.929. The van der Waals surface area contributed by atoms with Crippen molar-refractivity contribution >= 4 is 22.3 Å². The molecule has 1 aromatic carbocycles. The molecule has 0 unspecified atom stereocenters. The maximum Gasteiger partial charge on any atom is 0.138 e. The van der Waals surface area contributed by atoms with Crippen LogP contribution in [-0.2, 0) is 4.74 Å². The predicted molar refractivity (Wildman–Crippen MR) is 81.4 cm³/mol. The van der Waals surface area contributed by atoms with Gasteiger partial charge in [0.1, 0.15) is 5.82 Å². The van der Waals surface area contributed by atoms with Crippen molar-refractivity contribution in [1.29, 1.82) is 0 Å². The van der Waals surface area contributed by atoms with Crippen LogP contribution in [0.5, 0.6) is 0 Å². The van der Waals surface area contributed by atoms with Crippen molar-refractivity contribution in [2.45, 2.75) is 18.9 Å². The maximum atomic E-state index is 5.45. The second kappa shape index (κ2) is 4.94. The van der Waals surface area contributed by atoms with Crippen molar-refractivity contribution in [2.24, 2.45) is 0 Å². The van der Waals surface area contributed by atoms with Gasteiger partial charge in [0, 0.05) is 36.4 Å². The molecule has 1 saturated carbocycles. The lowest BCUT2D eigenvalue weighted by molar-refractivity contribution is 0.122. The Morgan fingerprint density at radius 1 is 1.15 bits per heavy atom. The molecule has 0 spiro atoms. The minimum Gasteiger partial charge on any atom is -0.382 e. The summed E-state index contributed by atoms with van der Waals surface area (Å²) >= 11 is 0. The van der Waals surface area contributed by atoms with Crippen LogP contribution in [0.1, 0.15) is 12.8 Å². The number of benzene rings is 1. The molecule has 104 valence electrons. The molecule has 1 aromatic heterocycles. The van der Waals surface area contributed by atoms with Gasteiger partial charge in [-0.2, -0.15) is 0 Å². The minimum atomic E-state index is 0.651. The molecule has 2 aromatic rings. The van der Waals surface area contributed by atoms with Crippen LogP contribution in [0.25, 0.3) is 10.8 Å². The number of hydrogen-bond acceptors (Lipinski definition) is 4. The largest absolute Gasteiger partial charge is 0.382 e. The van der Waals surface area contributed by atoms with Crippen molar-refractivity contribution in [3.05, 3.63) is 30.5 Å². The Hall–Kier alpha value is -1.81. The minimum absolute atomic E-state index is 0.651. The molecule has 1 saturated heterocycles. The molecule has 0 bridgehead atoms. The fourth-order valence-corrected chi connectivity index (χ4v) is 2.79. The van der Waals surface area contributed by atoms with Crippen LogP contribution in [0.2, 0.25) is 0 Å². The molecule has 2 aliphatic rings. The van der Waals surface area contributed by atoms with E-state index in [4.69, 9.17) is 4.74 Å². The molecular weight excluding hydrogens is 250 g/mol. The number of hydrogen-bond donors (Lipinski definition) is 1. The van der Waals surface area contributed by atoms with Gasteiger partial charge < -0.3 is 15.0 Å². The molecular formula is C16H19N3O. The van der Waals surface area contributed by atoms with Crippen LogP contribution in [0.3, 0.4) is 0 Å². The standard InChI is InChI=1S/C16H19N3O/c1-2-12-6-7-17-16(19-8-10-20-11-9-19)15(12)14(3-1)18-13-4-5-13/h1-3,6-7,13,18H,4-5,8-11H2. The smallest absolute Gasteiger partial charge is 0.138 e. The highest BCUT2D eigenvalue weighted by molar-refractivity contribution is 6.02. The average molecular weight is 269 g/mol. The second-order valence-electron chi connectivity index (χ2n) is 5.56. The molecule has 0 radical (unpaired) electrons. The predicted octanol–water partition coefficient (Wildman–Crippen LogP) is 2.65. The van der Waals surface area contributed by atoms with Crippen LogP contribution in [-0.4, -0.2) is 37.3 Å². The molecule has 4 rings (SSSR count). The van der Waals surface area contributed by atoms with Gasteiger partial charge in [-0.05, 0) is 30.4 Å². The number of anilines is 2. The summed E-state index contributed by atoms with van der Waals surface area (Å²) in [5.41, 5.74) is 1.22. The average Bonchev–Trinajstić information content (AvgIpc) is 3.32. The number of fused-ring (bicyclic) bond motifs is 1. The highest BCUT2D eigenvalue weighted by atomic mass is 16.5. The van der Waals surface area contributed by atoms with Crippen molar-refractivity contribution in [3.63, 3.8) is 0 Å². The molecule has 4 nitrogen and oxygen atoms in total. The van der Waals surface area contributed by atoms with Gasteiger partial charge in [0.15, 0.2) is 0 Å². The lowest BCUT2D eigenvalue weighted by Crippen LogP contribution is -2.36. The van der Waals surface area contributed by atoms with E-state index in [0.717, 1.165) is 32.1 Å². The number of pyridine rings is 1. The van der Waals surface area contributed by atoms with Crippen molar-refractivity contribution in [1.82, 2.24) is 4.98 Å².